The normalized spacial score (nSPS) is 15.3. The van der Waals surface area contributed by atoms with Crippen LogP contribution in [0.2, 0.25) is 0 Å². The first-order valence-electron chi connectivity index (χ1n) is 6.76. The van der Waals surface area contributed by atoms with E-state index in [4.69, 9.17) is 4.52 Å². The standard InChI is InChI=1S/C15H15BrN2O2/c16-12-6-4-11(5-7-12)14-10-13(17-20-14)15(19)18-8-2-1-3-9-18/h4-7,10H,1-3,8-9H2. The molecule has 0 N–H and O–H groups in total. The fourth-order valence-electron chi connectivity index (χ4n) is 2.39. The van der Waals surface area contributed by atoms with E-state index in [1.165, 1.54) is 6.42 Å². The van der Waals surface area contributed by atoms with Crippen LogP contribution in [-0.4, -0.2) is 29.1 Å². The summed E-state index contributed by atoms with van der Waals surface area (Å²) in [7, 11) is 0. The molecule has 1 aromatic carbocycles. The molecule has 0 bridgehead atoms. The number of rotatable bonds is 2. The van der Waals surface area contributed by atoms with Gasteiger partial charge in [0.05, 0.1) is 0 Å². The topological polar surface area (TPSA) is 46.3 Å². The molecule has 20 heavy (non-hydrogen) atoms. The molecule has 0 aliphatic carbocycles. The molecule has 2 aromatic rings. The first-order valence-corrected chi connectivity index (χ1v) is 7.55. The predicted octanol–water partition coefficient (Wildman–Crippen LogP) is 3.73. The highest BCUT2D eigenvalue weighted by Gasteiger charge is 2.21. The predicted molar refractivity (Wildman–Crippen MR) is 79.4 cm³/mol. The Morgan fingerprint density at radius 1 is 1.15 bits per heavy atom. The van der Waals surface area contributed by atoms with E-state index in [9.17, 15) is 4.79 Å². The van der Waals surface area contributed by atoms with Gasteiger partial charge < -0.3 is 9.42 Å². The Balaban J connectivity index is 1.79. The summed E-state index contributed by atoms with van der Waals surface area (Å²) in [5.41, 5.74) is 1.31. The third-order valence-corrected chi connectivity index (χ3v) is 4.03. The lowest BCUT2D eigenvalue weighted by Gasteiger charge is -2.25. The van der Waals surface area contributed by atoms with Crippen molar-refractivity contribution >= 4 is 21.8 Å². The number of piperidine rings is 1. The van der Waals surface area contributed by atoms with Crippen LogP contribution in [-0.2, 0) is 0 Å². The highest BCUT2D eigenvalue weighted by atomic mass is 79.9. The maximum Gasteiger partial charge on any atom is 0.276 e. The first kappa shape index (κ1) is 13.4. The largest absolute Gasteiger partial charge is 0.355 e. The summed E-state index contributed by atoms with van der Waals surface area (Å²) in [5, 5.41) is 3.91. The molecule has 3 rings (SSSR count). The number of likely N-dealkylation sites (tertiary alicyclic amines) is 1. The lowest BCUT2D eigenvalue weighted by molar-refractivity contribution is 0.0714. The quantitative estimate of drug-likeness (QED) is 0.840. The number of benzene rings is 1. The molecule has 0 unspecified atom stereocenters. The Kier molecular flexibility index (Phi) is 3.87. The number of hydrogen-bond donors (Lipinski definition) is 0. The zero-order valence-corrected chi connectivity index (χ0v) is 12.6. The van der Waals surface area contributed by atoms with E-state index in [0.29, 0.717) is 11.5 Å². The Labute approximate surface area is 125 Å². The Bertz CT molecular complexity index is 601. The monoisotopic (exact) mass is 334 g/mol. The van der Waals surface area contributed by atoms with E-state index in [-0.39, 0.29) is 5.91 Å². The maximum atomic E-state index is 12.3. The van der Waals surface area contributed by atoms with Gasteiger partial charge in [0.2, 0.25) is 0 Å². The number of carbonyl (C=O) groups is 1. The third kappa shape index (κ3) is 2.77. The molecule has 0 atom stereocenters. The summed E-state index contributed by atoms with van der Waals surface area (Å²) >= 11 is 3.39. The summed E-state index contributed by atoms with van der Waals surface area (Å²) < 4.78 is 6.29. The molecule has 1 saturated heterocycles. The Morgan fingerprint density at radius 3 is 2.55 bits per heavy atom. The zero-order valence-electron chi connectivity index (χ0n) is 11.0. The number of hydrogen-bond acceptors (Lipinski definition) is 3. The van der Waals surface area contributed by atoms with Gasteiger partial charge >= 0.3 is 0 Å². The fraction of sp³-hybridized carbons (Fsp3) is 0.333. The molecular formula is C15H15BrN2O2. The van der Waals surface area contributed by atoms with Gasteiger partial charge in [0, 0.05) is 29.2 Å². The highest BCUT2D eigenvalue weighted by molar-refractivity contribution is 9.10. The molecule has 1 aliphatic rings. The number of aromatic nitrogens is 1. The van der Waals surface area contributed by atoms with E-state index < -0.39 is 0 Å². The van der Waals surface area contributed by atoms with Gasteiger partial charge in [0.1, 0.15) is 0 Å². The van der Waals surface area contributed by atoms with Crippen LogP contribution in [0.3, 0.4) is 0 Å². The van der Waals surface area contributed by atoms with Gasteiger partial charge in [-0.25, -0.2) is 0 Å². The third-order valence-electron chi connectivity index (χ3n) is 3.50. The van der Waals surface area contributed by atoms with E-state index in [0.717, 1.165) is 36.0 Å². The van der Waals surface area contributed by atoms with Crippen molar-refractivity contribution in [2.45, 2.75) is 19.3 Å². The van der Waals surface area contributed by atoms with E-state index in [1.807, 2.05) is 29.2 Å². The smallest absolute Gasteiger partial charge is 0.276 e. The Hall–Kier alpha value is -1.62. The highest BCUT2D eigenvalue weighted by Crippen LogP contribution is 2.23. The van der Waals surface area contributed by atoms with Crippen LogP contribution < -0.4 is 0 Å². The van der Waals surface area contributed by atoms with Crippen LogP contribution in [0.15, 0.2) is 39.3 Å². The SMILES string of the molecule is O=C(c1cc(-c2ccc(Br)cc2)on1)N1CCCCC1. The van der Waals surface area contributed by atoms with Gasteiger partial charge in [-0.05, 0) is 31.4 Å². The van der Waals surface area contributed by atoms with Gasteiger partial charge in [-0.2, -0.15) is 0 Å². The second-order valence-corrected chi connectivity index (χ2v) is 5.85. The van der Waals surface area contributed by atoms with Crippen molar-refractivity contribution < 1.29 is 9.32 Å². The number of carbonyl (C=O) groups excluding carboxylic acids is 1. The molecule has 5 heteroatoms. The lowest BCUT2D eigenvalue weighted by Crippen LogP contribution is -2.35. The molecule has 104 valence electrons. The van der Waals surface area contributed by atoms with Crippen molar-refractivity contribution in [1.82, 2.24) is 10.1 Å². The second-order valence-electron chi connectivity index (χ2n) is 4.94. The molecular weight excluding hydrogens is 320 g/mol. The van der Waals surface area contributed by atoms with Crippen LogP contribution in [0.25, 0.3) is 11.3 Å². The summed E-state index contributed by atoms with van der Waals surface area (Å²) in [6, 6.07) is 9.45. The van der Waals surface area contributed by atoms with Crippen molar-refractivity contribution in [3.05, 3.63) is 40.5 Å². The van der Waals surface area contributed by atoms with Crippen molar-refractivity contribution in [2.24, 2.45) is 0 Å². The van der Waals surface area contributed by atoms with Crippen LogP contribution >= 0.6 is 15.9 Å². The average Bonchev–Trinajstić information content (AvgIpc) is 2.98. The van der Waals surface area contributed by atoms with Gasteiger partial charge in [-0.15, -0.1) is 0 Å². The molecule has 1 amide bonds. The first-order chi connectivity index (χ1) is 9.74. The number of amides is 1. The van der Waals surface area contributed by atoms with Crippen molar-refractivity contribution in [1.29, 1.82) is 0 Å². The van der Waals surface area contributed by atoms with Gasteiger partial charge in [0.25, 0.3) is 5.91 Å². The average molecular weight is 335 g/mol. The minimum absolute atomic E-state index is 0.0307. The molecule has 4 nitrogen and oxygen atoms in total. The van der Waals surface area contributed by atoms with Gasteiger partial charge in [0.15, 0.2) is 11.5 Å². The fourth-order valence-corrected chi connectivity index (χ4v) is 2.65. The molecule has 1 fully saturated rings. The lowest BCUT2D eigenvalue weighted by atomic mass is 10.1. The zero-order chi connectivity index (χ0) is 13.9. The molecule has 0 spiro atoms. The van der Waals surface area contributed by atoms with Crippen molar-refractivity contribution in [3.63, 3.8) is 0 Å². The summed E-state index contributed by atoms with van der Waals surface area (Å²) in [6.45, 7) is 1.64. The van der Waals surface area contributed by atoms with Gasteiger partial charge in [-0.3, -0.25) is 4.79 Å². The van der Waals surface area contributed by atoms with Crippen LogP contribution in [0.5, 0.6) is 0 Å². The molecule has 0 radical (unpaired) electrons. The van der Waals surface area contributed by atoms with Gasteiger partial charge in [-0.1, -0.05) is 33.2 Å². The minimum atomic E-state index is -0.0307. The number of halogens is 1. The van der Waals surface area contributed by atoms with E-state index >= 15 is 0 Å². The molecule has 1 aromatic heterocycles. The summed E-state index contributed by atoms with van der Waals surface area (Å²) in [6.07, 6.45) is 3.35. The van der Waals surface area contributed by atoms with Crippen LogP contribution in [0.4, 0.5) is 0 Å². The van der Waals surface area contributed by atoms with Crippen molar-refractivity contribution in [3.8, 4) is 11.3 Å². The summed E-state index contributed by atoms with van der Waals surface area (Å²) in [4.78, 5) is 14.1. The number of nitrogens with zero attached hydrogens (tertiary/aromatic N) is 2. The van der Waals surface area contributed by atoms with E-state index in [2.05, 4.69) is 21.1 Å². The summed E-state index contributed by atoms with van der Waals surface area (Å²) in [5.74, 6) is 0.592. The minimum Gasteiger partial charge on any atom is -0.355 e. The molecule has 2 heterocycles. The second kappa shape index (κ2) is 5.79. The Morgan fingerprint density at radius 2 is 1.85 bits per heavy atom. The maximum absolute atomic E-state index is 12.3. The van der Waals surface area contributed by atoms with Crippen LogP contribution in [0, 0.1) is 0 Å². The van der Waals surface area contributed by atoms with Crippen molar-refractivity contribution in [2.75, 3.05) is 13.1 Å². The molecule has 0 saturated carbocycles. The van der Waals surface area contributed by atoms with Crippen LogP contribution in [0.1, 0.15) is 29.8 Å². The van der Waals surface area contributed by atoms with E-state index in [1.54, 1.807) is 6.07 Å². The molecule has 1 aliphatic heterocycles.